The topological polar surface area (TPSA) is 47.9 Å². The first-order valence-electron chi connectivity index (χ1n) is 8.17. The van der Waals surface area contributed by atoms with Crippen molar-refractivity contribution >= 4 is 23.8 Å². The first-order valence-corrected chi connectivity index (χ1v) is 8.17. The molecule has 130 valence electrons. The summed E-state index contributed by atoms with van der Waals surface area (Å²) in [7, 11) is 1.66. The zero-order chi connectivity index (χ0) is 18.2. The first kappa shape index (κ1) is 18.5. The molecule has 0 aromatic heterocycles. The van der Waals surface area contributed by atoms with Crippen LogP contribution in [-0.4, -0.2) is 18.8 Å². The van der Waals surface area contributed by atoms with Crippen LogP contribution < -0.4 is 4.74 Å². The zero-order valence-corrected chi connectivity index (χ0v) is 15.0. The summed E-state index contributed by atoms with van der Waals surface area (Å²) in [6.45, 7) is 5.37. The fourth-order valence-electron chi connectivity index (χ4n) is 2.28. The van der Waals surface area contributed by atoms with Gasteiger partial charge in [0.25, 0.3) is 0 Å². The highest BCUT2D eigenvalue weighted by Crippen LogP contribution is 2.16. The standard InChI is InChI=1S/C21H23NO3/c1-15(2)21(22-25-16(3)23)19-11-7-17(8-12-19)5-6-18-9-13-20(24-4)14-10-18/h5-15H,1-4H3/b6-5+,22-21-. The Labute approximate surface area is 148 Å². The van der Waals surface area contributed by atoms with Crippen LogP contribution in [0.25, 0.3) is 12.2 Å². The Morgan fingerprint density at radius 1 is 0.960 bits per heavy atom. The molecule has 0 aliphatic carbocycles. The highest BCUT2D eigenvalue weighted by molar-refractivity contribution is 6.02. The van der Waals surface area contributed by atoms with Gasteiger partial charge < -0.3 is 9.57 Å². The number of methoxy groups -OCH3 is 1. The minimum atomic E-state index is -0.419. The van der Waals surface area contributed by atoms with Gasteiger partial charge in [-0.3, -0.25) is 0 Å². The number of hydrogen-bond donors (Lipinski definition) is 0. The van der Waals surface area contributed by atoms with Crippen molar-refractivity contribution in [2.75, 3.05) is 7.11 Å². The number of carbonyl (C=O) groups is 1. The Balaban J connectivity index is 2.13. The van der Waals surface area contributed by atoms with E-state index in [1.54, 1.807) is 7.11 Å². The van der Waals surface area contributed by atoms with Crippen LogP contribution in [0.4, 0.5) is 0 Å². The van der Waals surface area contributed by atoms with Crippen molar-refractivity contribution in [1.29, 1.82) is 0 Å². The number of nitrogens with zero attached hydrogens (tertiary/aromatic N) is 1. The van der Waals surface area contributed by atoms with Crippen molar-refractivity contribution in [1.82, 2.24) is 0 Å². The minimum absolute atomic E-state index is 0.153. The van der Waals surface area contributed by atoms with E-state index in [1.807, 2.05) is 74.5 Å². The van der Waals surface area contributed by atoms with Gasteiger partial charge in [-0.05, 0) is 34.7 Å². The molecule has 25 heavy (non-hydrogen) atoms. The molecular weight excluding hydrogens is 314 g/mol. The molecule has 0 N–H and O–H groups in total. The largest absolute Gasteiger partial charge is 0.497 e. The van der Waals surface area contributed by atoms with Gasteiger partial charge in [-0.2, -0.15) is 0 Å². The van der Waals surface area contributed by atoms with Gasteiger partial charge in [0.2, 0.25) is 0 Å². The molecule has 4 nitrogen and oxygen atoms in total. The molecule has 0 unspecified atom stereocenters. The molecule has 0 saturated carbocycles. The van der Waals surface area contributed by atoms with E-state index in [-0.39, 0.29) is 5.92 Å². The summed E-state index contributed by atoms with van der Waals surface area (Å²) in [5, 5.41) is 3.97. The Morgan fingerprint density at radius 3 is 1.92 bits per heavy atom. The Bertz CT molecular complexity index is 757. The van der Waals surface area contributed by atoms with Gasteiger partial charge in [-0.25, -0.2) is 4.79 Å². The van der Waals surface area contributed by atoms with E-state index >= 15 is 0 Å². The Hall–Kier alpha value is -2.88. The van der Waals surface area contributed by atoms with Gasteiger partial charge in [0.05, 0.1) is 12.8 Å². The molecule has 0 aliphatic rings. The maximum Gasteiger partial charge on any atom is 0.331 e. The van der Waals surface area contributed by atoms with Crippen molar-refractivity contribution in [3.05, 3.63) is 65.2 Å². The van der Waals surface area contributed by atoms with E-state index in [4.69, 9.17) is 9.57 Å². The molecule has 0 spiro atoms. The van der Waals surface area contributed by atoms with Gasteiger partial charge in [-0.1, -0.05) is 67.6 Å². The molecule has 0 atom stereocenters. The number of ether oxygens (including phenoxy) is 1. The van der Waals surface area contributed by atoms with Crippen LogP contribution in [0, 0.1) is 5.92 Å². The fourth-order valence-corrected chi connectivity index (χ4v) is 2.28. The lowest BCUT2D eigenvalue weighted by Crippen LogP contribution is -2.11. The summed E-state index contributed by atoms with van der Waals surface area (Å²) in [5.41, 5.74) is 3.87. The summed E-state index contributed by atoms with van der Waals surface area (Å²) in [6, 6.07) is 15.9. The lowest BCUT2D eigenvalue weighted by atomic mass is 9.99. The molecule has 4 heteroatoms. The van der Waals surface area contributed by atoms with E-state index in [1.165, 1.54) is 6.92 Å². The van der Waals surface area contributed by atoms with Crippen LogP contribution in [0.2, 0.25) is 0 Å². The zero-order valence-electron chi connectivity index (χ0n) is 15.0. The van der Waals surface area contributed by atoms with E-state index in [0.29, 0.717) is 0 Å². The SMILES string of the molecule is COc1ccc(/C=C/c2ccc(/C(=N\OC(C)=O)C(C)C)cc2)cc1. The van der Waals surface area contributed by atoms with Crippen LogP contribution in [0.1, 0.15) is 37.5 Å². The van der Waals surface area contributed by atoms with E-state index < -0.39 is 5.97 Å². The summed E-state index contributed by atoms with van der Waals surface area (Å²) in [5.74, 6) is 0.576. The summed E-state index contributed by atoms with van der Waals surface area (Å²) >= 11 is 0. The van der Waals surface area contributed by atoms with Crippen LogP contribution in [0.15, 0.2) is 53.7 Å². The molecule has 0 fully saturated rings. The predicted molar refractivity (Wildman–Crippen MR) is 102 cm³/mol. The second kappa shape index (κ2) is 8.83. The van der Waals surface area contributed by atoms with Crippen molar-refractivity contribution in [3.63, 3.8) is 0 Å². The first-order chi connectivity index (χ1) is 12.0. The highest BCUT2D eigenvalue weighted by Gasteiger charge is 2.10. The highest BCUT2D eigenvalue weighted by atomic mass is 16.7. The lowest BCUT2D eigenvalue weighted by molar-refractivity contribution is -0.140. The smallest absolute Gasteiger partial charge is 0.331 e. The van der Waals surface area contributed by atoms with Crippen molar-refractivity contribution < 1.29 is 14.4 Å². The van der Waals surface area contributed by atoms with E-state index in [2.05, 4.69) is 5.16 Å². The molecule has 0 saturated heterocycles. The average molecular weight is 337 g/mol. The molecule has 0 bridgehead atoms. The molecule has 0 heterocycles. The average Bonchev–Trinajstić information content (AvgIpc) is 2.61. The predicted octanol–water partition coefficient (Wildman–Crippen LogP) is 4.79. The number of hydrogen-bond acceptors (Lipinski definition) is 4. The summed E-state index contributed by atoms with van der Waals surface area (Å²) in [6.07, 6.45) is 4.09. The number of carbonyl (C=O) groups excluding carboxylic acids is 1. The Kier molecular flexibility index (Phi) is 6.52. The van der Waals surface area contributed by atoms with Gasteiger partial charge in [0.1, 0.15) is 5.75 Å². The van der Waals surface area contributed by atoms with Gasteiger partial charge in [0, 0.05) is 6.92 Å². The number of benzene rings is 2. The molecule has 0 aliphatic heterocycles. The third-order valence-electron chi connectivity index (χ3n) is 3.61. The summed E-state index contributed by atoms with van der Waals surface area (Å²) < 4.78 is 5.15. The second-order valence-electron chi connectivity index (χ2n) is 5.94. The molecule has 0 radical (unpaired) electrons. The van der Waals surface area contributed by atoms with Crippen LogP contribution in [0.5, 0.6) is 5.75 Å². The van der Waals surface area contributed by atoms with E-state index in [0.717, 1.165) is 28.2 Å². The summed E-state index contributed by atoms with van der Waals surface area (Å²) in [4.78, 5) is 15.8. The van der Waals surface area contributed by atoms with Crippen molar-refractivity contribution in [2.45, 2.75) is 20.8 Å². The monoisotopic (exact) mass is 337 g/mol. The quantitative estimate of drug-likeness (QED) is 0.329. The van der Waals surface area contributed by atoms with Crippen LogP contribution in [0.3, 0.4) is 0 Å². The molecule has 2 rings (SSSR count). The minimum Gasteiger partial charge on any atom is -0.497 e. The molecular formula is C21H23NO3. The third-order valence-corrected chi connectivity index (χ3v) is 3.61. The molecule has 2 aromatic rings. The number of oxime groups is 1. The Morgan fingerprint density at radius 2 is 1.48 bits per heavy atom. The van der Waals surface area contributed by atoms with Gasteiger partial charge in [0.15, 0.2) is 0 Å². The number of rotatable bonds is 6. The normalized spacial score (nSPS) is 11.8. The lowest BCUT2D eigenvalue weighted by Gasteiger charge is -2.09. The molecule has 0 amide bonds. The van der Waals surface area contributed by atoms with Gasteiger partial charge >= 0.3 is 5.97 Å². The second-order valence-corrected chi connectivity index (χ2v) is 5.94. The fraction of sp³-hybridized carbons (Fsp3) is 0.238. The van der Waals surface area contributed by atoms with Gasteiger partial charge in [-0.15, -0.1) is 0 Å². The third kappa shape index (κ3) is 5.60. The van der Waals surface area contributed by atoms with E-state index in [9.17, 15) is 4.79 Å². The van der Waals surface area contributed by atoms with Crippen molar-refractivity contribution in [3.8, 4) is 5.75 Å². The maximum atomic E-state index is 11.0. The van der Waals surface area contributed by atoms with Crippen LogP contribution >= 0.6 is 0 Å². The molecule has 2 aromatic carbocycles. The van der Waals surface area contributed by atoms with Crippen LogP contribution in [-0.2, 0) is 9.63 Å². The van der Waals surface area contributed by atoms with Crippen molar-refractivity contribution in [2.24, 2.45) is 11.1 Å². The maximum absolute atomic E-state index is 11.0.